The number of aliphatic hydroxyl groups excluding tert-OH is 1. The van der Waals surface area contributed by atoms with E-state index in [0.717, 1.165) is 49.3 Å². The number of nitrogens with zero attached hydrogens (tertiary/aromatic N) is 1. The summed E-state index contributed by atoms with van der Waals surface area (Å²) in [5.41, 5.74) is -1.95. The average molecular weight is 511 g/mol. The maximum absolute atomic E-state index is 13.5. The van der Waals surface area contributed by atoms with Crippen LogP contribution >= 0.6 is 0 Å². The van der Waals surface area contributed by atoms with Crippen molar-refractivity contribution < 1.29 is 23.8 Å². The highest BCUT2D eigenvalue weighted by atomic mass is 19.1. The van der Waals surface area contributed by atoms with Crippen molar-refractivity contribution in [2.24, 2.45) is 0 Å². The first kappa shape index (κ1) is 30.0. The molecule has 2 N–H and O–H groups in total. The Morgan fingerprint density at radius 2 is 1.69 bits per heavy atom. The third-order valence-electron chi connectivity index (χ3n) is 6.49. The molecule has 2 rings (SSSR count). The molecule has 0 spiro atoms. The van der Waals surface area contributed by atoms with Gasteiger partial charge in [0.25, 0.3) is 5.56 Å². The Balaban J connectivity index is 1.49. The number of hydrogen-bond acceptors (Lipinski definition) is 6. The summed E-state index contributed by atoms with van der Waals surface area (Å²) in [4.78, 5) is 36.9. The highest BCUT2D eigenvalue weighted by Gasteiger charge is 2.36. The number of aromatic amines is 1. The van der Waals surface area contributed by atoms with E-state index >= 15 is 0 Å². The number of hydrogen-bond donors (Lipinski definition) is 2. The number of carbonyl (C=O) groups excluding carboxylic acids is 1. The van der Waals surface area contributed by atoms with Crippen molar-refractivity contribution in [3.63, 3.8) is 0 Å². The van der Waals surface area contributed by atoms with Crippen LogP contribution in [0, 0.1) is 5.82 Å². The van der Waals surface area contributed by atoms with Crippen LogP contribution in [0.4, 0.5) is 4.39 Å². The van der Waals surface area contributed by atoms with Gasteiger partial charge in [-0.05, 0) is 32.1 Å². The van der Waals surface area contributed by atoms with Gasteiger partial charge < -0.3 is 14.6 Å². The summed E-state index contributed by atoms with van der Waals surface area (Å²) in [5, 5.41) is 10.2. The molecule has 8 nitrogen and oxygen atoms in total. The molecule has 1 fully saturated rings. The van der Waals surface area contributed by atoms with Crippen molar-refractivity contribution in [3.8, 4) is 0 Å². The number of H-pyrrole nitrogens is 1. The smallest absolute Gasteiger partial charge is 0.330 e. The first-order valence-corrected chi connectivity index (χ1v) is 13.6. The van der Waals surface area contributed by atoms with Gasteiger partial charge in [-0.3, -0.25) is 19.1 Å². The minimum Gasteiger partial charge on any atom is -0.463 e. The molecule has 3 atom stereocenters. The molecule has 1 aliphatic heterocycles. The predicted molar refractivity (Wildman–Crippen MR) is 136 cm³/mol. The quantitative estimate of drug-likeness (QED) is 0.165. The fourth-order valence-electron chi connectivity index (χ4n) is 4.30. The highest BCUT2D eigenvalue weighted by Crippen LogP contribution is 2.28. The lowest BCUT2D eigenvalue weighted by Crippen LogP contribution is -2.34. The van der Waals surface area contributed by atoms with Crippen LogP contribution in [0.3, 0.4) is 0 Å². The third-order valence-corrected chi connectivity index (χ3v) is 6.49. The van der Waals surface area contributed by atoms with Crippen LogP contribution in [-0.4, -0.2) is 39.4 Å². The van der Waals surface area contributed by atoms with Gasteiger partial charge in [-0.25, -0.2) is 4.79 Å². The van der Waals surface area contributed by atoms with Gasteiger partial charge in [0.05, 0.1) is 12.3 Å². The number of unbranched alkanes of at least 4 members (excludes halogenated alkanes) is 11. The summed E-state index contributed by atoms with van der Waals surface area (Å²) in [5.74, 6) is -1.48. The summed E-state index contributed by atoms with van der Waals surface area (Å²) in [6.45, 7) is 2.09. The highest BCUT2D eigenvalue weighted by molar-refractivity contribution is 5.69. The summed E-state index contributed by atoms with van der Waals surface area (Å²) in [6, 6.07) is 0. The Kier molecular flexibility index (Phi) is 14.4. The molecule has 0 bridgehead atoms. The maximum atomic E-state index is 13.5. The average Bonchev–Trinajstić information content (AvgIpc) is 3.22. The summed E-state index contributed by atoms with van der Waals surface area (Å²) in [7, 11) is 0. The SMILES string of the molecule is CCCCCCCCC=CCCCCCCCC(=O)OCC1OC(n2cc(F)c(=O)[nH]c2=O)CC1O. The molecule has 1 saturated heterocycles. The standard InChI is InChI=1S/C27H43FN2O6/c1-2-3-4-5-6-7-8-9-10-11-12-13-14-15-16-17-25(32)35-20-23-22(31)18-24(36-23)30-19-21(28)26(33)29-27(30)34/h9-10,19,22-24,31H,2-8,11-18,20H2,1H3,(H,29,33,34). The second kappa shape index (κ2) is 17.2. The molecule has 1 aromatic heterocycles. The van der Waals surface area contributed by atoms with E-state index in [9.17, 15) is 23.9 Å². The molecular weight excluding hydrogens is 467 g/mol. The van der Waals surface area contributed by atoms with Gasteiger partial charge in [0.1, 0.15) is 18.9 Å². The Hall–Kier alpha value is -2.26. The van der Waals surface area contributed by atoms with E-state index in [2.05, 4.69) is 19.1 Å². The van der Waals surface area contributed by atoms with Gasteiger partial charge in [0.2, 0.25) is 5.82 Å². The van der Waals surface area contributed by atoms with Crippen LogP contribution < -0.4 is 11.2 Å². The van der Waals surface area contributed by atoms with Gasteiger partial charge in [0, 0.05) is 12.8 Å². The molecule has 1 aromatic rings. The third kappa shape index (κ3) is 11.2. The molecule has 0 aliphatic carbocycles. The number of rotatable bonds is 18. The number of aromatic nitrogens is 2. The van der Waals surface area contributed by atoms with E-state index in [1.54, 1.807) is 0 Å². The monoisotopic (exact) mass is 510 g/mol. The number of halogens is 1. The summed E-state index contributed by atoms with van der Waals surface area (Å²) in [6.07, 6.45) is 18.3. The van der Waals surface area contributed by atoms with Crippen molar-refractivity contribution in [3.05, 3.63) is 45.0 Å². The molecule has 9 heteroatoms. The molecule has 0 saturated carbocycles. The lowest BCUT2D eigenvalue weighted by molar-refractivity contribution is -0.150. The van der Waals surface area contributed by atoms with E-state index in [1.807, 2.05) is 4.98 Å². The Labute approximate surface area is 212 Å². The Bertz CT molecular complexity index is 912. The van der Waals surface area contributed by atoms with Crippen molar-refractivity contribution in [2.75, 3.05) is 6.61 Å². The van der Waals surface area contributed by atoms with Crippen LogP contribution in [0.25, 0.3) is 0 Å². The molecule has 36 heavy (non-hydrogen) atoms. The number of nitrogens with one attached hydrogen (secondary N) is 1. The molecule has 0 aromatic carbocycles. The van der Waals surface area contributed by atoms with E-state index in [0.29, 0.717) is 6.42 Å². The minimum absolute atomic E-state index is 0.0157. The second-order valence-electron chi connectivity index (χ2n) is 9.59. The molecule has 0 radical (unpaired) electrons. The minimum atomic E-state index is -1.12. The van der Waals surface area contributed by atoms with Crippen molar-refractivity contribution in [1.82, 2.24) is 9.55 Å². The summed E-state index contributed by atoms with van der Waals surface area (Å²) >= 11 is 0. The van der Waals surface area contributed by atoms with Gasteiger partial charge >= 0.3 is 11.7 Å². The van der Waals surface area contributed by atoms with Crippen molar-refractivity contribution in [2.45, 2.75) is 122 Å². The van der Waals surface area contributed by atoms with Crippen molar-refractivity contribution in [1.29, 1.82) is 0 Å². The summed E-state index contributed by atoms with van der Waals surface area (Å²) < 4.78 is 25.2. The van der Waals surface area contributed by atoms with Gasteiger partial charge in [0.15, 0.2) is 0 Å². The first-order valence-electron chi connectivity index (χ1n) is 13.6. The molecule has 1 aliphatic rings. The van der Waals surface area contributed by atoms with E-state index < -0.39 is 35.5 Å². The number of allylic oxidation sites excluding steroid dienone is 2. The number of ether oxygens (including phenoxy) is 2. The maximum Gasteiger partial charge on any atom is 0.330 e. The zero-order valence-electron chi connectivity index (χ0n) is 21.6. The van der Waals surface area contributed by atoms with E-state index in [1.165, 1.54) is 44.9 Å². The largest absolute Gasteiger partial charge is 0.463 e. The molecular formula is C27H43FN2O6. The predicted octanol–water partition coefficient (Wildman–Crippen LogP) is 4.90. The van der Waals surface area contributed by atoms with Crippen molar-refractivity contribution >= 4 is 5.97 Å². The van der Waals surface area contributed by atoms with Gasteiger partial charge in [-0.15, -0.1) is 0 Å². The lowest BCUT2D eigenvalue weighted by atomic mass is 10.1. The zero-order valence-corrected chi connectivity index (χ0v) is 21.6. The van der Waals surface area contributed by atoms with E-state index in [-0.39, 0.29) is 19.0 Å². The topological polar surface area (TPSA) is 111 Å². The van der Waals surface area contributed by atoms with Crippen LogP contribution in [-0.2, 0) is 14.3 Å². The molecule has 3 unspecified atom stereocenters. The van der Waals surface area contributed by atoms with Gasteiger partial charge in [-0.1, -0.05) is 70.4 Å². The fraction of sp³-hybridized carbons (Fsp3) is 0.741. The lowest BCUT2D eigenvalue weighted by Gasteiger charge is -2.16. The number of aliphatic hydroxyl groups is 1. The fourth-order valence-corrected chi connectivity index (χ4v) is 4.30. The first-order chi connectivity index (χ1) is 17.4. The second-order valence-corrected chi connectivity index (χ2v) is 9.59. The molecule has 2 heterocycles. The van der Waals surface area contributed by atoms with Crippen LogP contribution in [0.1, 0.15) is 109 Å². The van der Waals surface area contributed by atoms with Crippen LogP contribution in [0.5, 0.6) is 0 Å². The normalized spacial score (nSPS) is 19.8. The van der Waals surface area contributed by atoms with E-state index in [4.69, 9.17) is 9.47 Å². The van der Waals surface area contributed by atoms with Crippen LogP contribution in [0.2, 0.25) is 0 Å². The van der Waals surface area contributed by atoms with Gasteiger partial charge in [-0.2, -0.15) is 4.39 Å². The number of esters is 1. The molecule has 204 valence electrons. The van der Waals surface area contributed by atoms with Crippen LogP contribution in [0.15, 0.2) is 27.9 Å². The molecule has 0 amide bonds. The Morgan fingerprint density at radius 1 is 1.08 bits per heavy atom. The number of carbonyl (C=O) groups is 1. The Morgan fingerprint density at radius 3 is 2.36 bits per heavy atom. The zero-order chi connectivity index (χ0) is 26.2.